The van der Waals surface area contributed by atoms with Crippen molar-refractivity contribution in [2.45, 2.75) is 53.7 Å². The molecule has 0 aromatic heterocycles. The Labute approximate surface area is 193 Å². The lowest BCUT2D eigenvalue weighted by Gasteiger charge is -2.13. The summed E-state index contributed by atoms with van der Waals surface area (Å²) in [4.78, 5) is 0. The first-order valence-electron chi connectivity index (χ1n) is 10.9. The minimum Gasteiger partial charge on any atom is -0.435 e. The highest BCUT2D eigenvalue weighted by molar-refractivity contribution is 5.68. The summed E-state index contributed by atoms with van der Waals surface area (Å²) in [6.07, 6.45) is 4.66. The van der Waals surface area contributed by atoms with E-state index in [-0.39, 0.29) is 16.9 Å². The van der Waals surface area contributed by atoms with Gasteiger partial charge in [0.25, 0.3) is 0 Å². The quantitative estimate of drug-likeness (QED) is 0.225. The molecule has 0 bridgehead atoms. The predicted octanol–water partition coefficient (Wildman–Crippen LogP) is 7.49. The zero-order valence-corrected chi connectivity index (χ0v) is 19.7. The zero-order chi connectivity index (χ0) is 24.5. The van der Waals surface area contributed by atoms with Crippen LogP contribution in [0.25, 0.3) is 5.57 Å². The van der Waals surface area contributed by atoms with Crippen molar-refractivity contribution in [1.29, 1.82) is 0 Å². The van der Waals surface area contributed by atoms with E-state index in [0.717, 1.165) is 35.7 Å². The second-order valence-corrected chi connectivity index (χ2v) is 7.97. The number of rotatable bonds is 10. The molecule has 2 aromatic carbocycles. The third kappa shape index (κ3) is 7.60. The molecule has 0 saturated heterocycles. The monoisotopic (exact) mass is 461 g/mol. The molecular formula is C27H31F4NO. The van der Waals surface area contributed by atoms with Crippen molar-refractivity contribution in [2.24, 2.45) is 0 Å². The van der Waals surface area contributed by atoms with Gasteiger partial charge in [0, 0.05) is 6.54 Å². The summed E-state index contributed by atoms with van der Waals surface area (Å²) in [6, 6.07) is 10.6. The molecule has 0 unspecified atom stereocenters. The number of aryl methyl sites for hydroxylation is 1. The van der Waals surface area contributed by atoms with E-state index in [2.05, 4.69) is 17.4 Å². The largest absolute Gasteiger partial charge is 0.435 e. The van der Waals surface area contributed by atoms with E-state index in [1.54, 1.807) is 13.0 Å². The van der Waals surface area contributed by atoms with Crippen molar-refractivity contribution in [2.75, 3.05) is 7.05 Å². The summed E-state index contributed by atoms with van der Waals surface area (Å²) in [5.74, 6) is -2.09. The molecular weight excluding hydrogens is 430 g/mol. The summed E-state index contributed by atoms with van der Waals surface area (Å²) in [5, 5.41) is 3.11. The molecule has 0 fully saturated rings. The van der Waals surface area contributed by atoms with Crippen LogP contribution in [0.5, 0.6) is 0 Å². The van der Waals surface area contributed by atoms with Gasteiger partial charge in [-0.15, -0.1) is 0 Å². The number of allylic oxidation sites excluding steroid dienone is 5. The Morgan fingerprint density at radius 2 is 1.67 bits per heavy atom. The molecule has 0 amide bonds. The molecule has 2 aromatic rings. The Morgan fingerprint density at radius 3 is 2.21 bits per heavy atom. The number of nitrogens with one attached hydrogen (secondary N) is 1. The van der Waals surface area contributed by atoms with Gasteiger partial charge in [-0.2, -0.15) is 8.78 Å². The standard InChI is InChI=1S/C27H31F4NO/c1-6-17(2)22(14-20-7-9-21(10-8-20)16-32-5)11-12-25(33-27(30)31)19(4)23-13-18(3)26(29)24(28)15-23/h7-13,15,27,32H,6,14,16H2,1-5H3/b12-11-,22-17-,25-19-. The predicted molar refractivity (Wildman–Crippen MR) is 126 cm³/mol. The topological polar surface area (TPSA) is 21.3 Å². The van der Waals surface area contributed by atoms with E-state index in [0.29, 0.717) is 12.0 Å². The number of hydrogen-bond donors (Lipinski definition) is 1. The molecule has 33 heavy (non-hydrogen) atoms. The van der Waals surface area contributed by atoms with Gasteiger partial charge in [-0.1, -0.05) is 42.8 Å². The molecule has 2 nitrogen and oxygen atoms in total. The minimum absolute atomic E-state index is 0.0915. The average molecular weight is 462 g/mol. The van der Waals surface area contributed by atoms with Crippen molar-refractivity contribution in [3.05, 3.63) is 99.3 Å². The van der Waals surface area contributed by atoms with Gasteiger partial charge in [-0.25, -0.2) is 8.78 Å². The number of alkyl halides is 2. The molecule has 0 radical (unpaired) electrons. The van der Waals surface area contributed by atoms with Gasteiger partial charge >= 0.3 is 6.61 Å². The normalized spacial score (nSPS) is 13.4. The van der Waals surface area contributed by atoms with Crippen LogP contribution < -0.4 is 5.32 Å². The van der Waals surface area contributed by atoms with E-state index in [9.17, 15) is 17.6 Å². The molecule has 0 spiro atoms. The molecule has 0 aliphatic rings. The summed E-state index contributed by atoms with van der Waals surface area (Å²) < 4.78 is 58.6. The maximum absolute atomic E-state index is 13.9. The second kappa shape index (κ2) is 12.4. The van der Waals surface area contributed by atoms with Gasteiger partial charge in [0.05, 0.1) is 0 Å². The molecule has 0 aliphatic heterocycles. The van der Waals surface area contributed by atoms with E-state index < -0.39 is 18.2 Å². The van der Waals surface area contributed by atoms with Crippen molar-refractivity contribution in [3.63, 3.8) is 0 Å². The highest BCUT2D eigenvalue weighted by Crippen LogP contribution is 2.26. The van der Waals surface area contributed by atoms with Gasteiger partial charge < -0.3 is 10.1 Å². The molecule has 1 N–H and O–H groups in total. The second-order valence-electron chi connectivity index (χ2n) is 7.97. The van der Waals surface area contributed by atoms with Crippen LogP contribution >= 0.6 is 0 Å². The van der Waals surface area contributed by atoms with E-state index in [1.165, 1.54) is 24.6 Å². The van der Waals surface area contributed by atoms with E-state index in [4.69, 9.17) is 4.74 Å². The van der Waals surface area contributed by atoms with Crippen molar-refractivity contribution in [1.82, 2.24) is 5.32 Å². The lowest BCUT2D eigenvalue weighted by molar-refractivity contribution is -0.0914. The Bertz CT molecular complexity index is 1010. The lowest BCUT2D eigenvalue weighted by Crippen LogP contribution is -2.04. The summed E-state index contributed by atoms with van der Waals surface area (Å²) in [5.41, 5.74) is 5.02. The molecule has 0 heterocycles. The minimum atomic E-state index is -3.05. The number of hydrogen-bond acceptors (Lipinski definition) is 2. The van der Waals surface area contributed by atoms with Crippen molar-refractivity contribution >= 4 is 5.57 Å². The van der Waals surface area contributed by atoms with Gasteiger partial charge in [-0.05, 0) is 92.3 Å². The lowest BCUT2D eigenvalue weighted by atomic mass is 9.97. The van der Waals surface area contributed by atoms with Crippen molar-refractivity contribution in [3.8, 4) is 0 Å². The molecule has 178 valence electrons. The number of benzene rings is 2. The van der Waals surface area contributed by atoms with Crippen LogP contribution in [-0.4, -0.2) is 13.7 Å². The maximum Gasteiger partial charge on any atom is 0.387 e. The molecule has 0 atom stereocenters. The first-order chi connectivity index (χ1) is 15.7. The molecule has 6 heteroatoms. The highest BCUT2D eigenvalue weighted by Gasteiger charge is 2.14. The third-order valence-corrected chi connectivity index (χ3v) is 5.54. The van der Waals surface area contributed by atoms with Gasteiger partial charge in [-0.3, -0.25) is 0 Å². The summed E-state index contributed by atoms with van der Waals surface area (Å²) in [7, 11) is 1.89. The fourth-order valence-electron chi connectivity index (χ4n) is 3.39. The summed E-state index contributed by atoms with van der Waals surface area (Å²) >= 11 is 0. The first kappa shape index (κ1) is 26.4. The van der Waals surface area contributed by atoms with Gasteiger partial charge in [0.15, 0.2) is 11.6 Å². The van der Waals surface area contributed by atoms with Crippen LogP contribution in [0, 0.1) is 18.6 Å². The molecule has 2 rings (SSSR count). The Balaban J connectivity index is 2.42. The highest BCUT2D eigenvalue weighted by atomic mass is 19.3. The van der Waals surface area contributed by atoms with Gasteiger partial charge in [0.1, 0.15) is 5.76 Å². The van der Waals surface area contributed by atoms with Crippen LogP contribution in [0.2, 0.25) is 0 Å². The molecule has 0 saturated carbocycles. The smallest absolute Gasteiger partial charge is 0.387 e. The average Bonchev–Trinajstić information content (AvgIpc) is 2.78. The van der Waals surface area contributed by atoms with Crippen LogP contribution in [0.3, 0.4) is 0 Å². The zero-order valence-electron chi connectivity index (χ0n) is 19.7. The van der Waals surface area contributed by atoms with E-state index >= 15 is 0 Å². The number of halogens is 4. The Kier molecular flexibility index (Phi) is 9.92. The van der Waals surface area contributed by atoms with Crippen LogP contribution in [0.1, 0.15) is 49.4 Å². The van der Waals surface area contributed by atoms with Crippen LogP contribution in [0.15, 0.2) is 65.5 Å². The fraction of sp³-hybridized carbons (Fsp3) is 0.333. The van der Waals surface area contributed by atoms with Crippen LogP contribution in [0.4, 0.5) is 17.6 Å². The van der Waals surface area contributed by atoms with E-state index in [1.807, 2.05) is 33.0 Å². The fourth-order valence-corrected chi connectivity index (χ4v) is 3.39. The third-order valence-electron chi connectivity index (χ3n) is 5.54. The van der Waals surface area contributed by atoms with Gasteiger partial charge in [0.2, 0.25) is 0 Å². The first-order valence-corrected chi connectivity index (χ1v) is 10.9. The maximum atomic E-state index is 13.9. The summed E-state index contributed by atoms with van der Waals surface area (Å²) in [6.45, 7) is 4.72. The Hall–Kier alpha value is -2.86. The van der Waals surface area contributed by atoms with Crippen LogP contribution in [-0.2, 0) is 17.7 Å². The van der Waals surface area contributed by atoms with Crippen molar-refractivity contribution < 1.29 is 22.3 Å². The Morgan fingerprint density at radius 1 is 1.03 bits per heavy atom. The number of ether oxygens (including phenoxy) is 1. The SMILES string of the molecule is CC/C(C)=C(/C=C\C(OC(F)F)=C(/C)c1cc(C)c(F)c(F)c1)Cc1ccc(CNC)cc1. The molecule has 0 aliphatic carbocycles.